The number of fused-ring (bicyclic) bond motifs is 1. The van der Waals surface area contributed by atoms with Crippen LogP contribution in [0.15, 0.2) is 83.3 Å². The number of hydrogen-bond acceptors (Lipinski definition) is 6. The quantitative estimate of drug-likeness (QED) is 0.287. The second-order valence-electron chi connectivity index (χ2n) is 8.64. The molecule has 0 saturated heterocycles. The first-order valence-corrected chi connectivity index (χ1v) is 11.5. The lowest BCUT2D eigenvalue weighted by Crippen LogP contribution is -2.36. The maximum absolute atomic E-state index is 12.0. The Kier molecular flexibility index (Phi) is 7.16. The summed E-state index contributed by atoms with van der Waals surface area (Å²) in [5.41, 5.74) is 1.69. The number of carbonyl (C=O) groups is 1. The van der Waals surface area contributed by atoms with Gasteiger partial charge in [-0.2, -0.15) is 4.98 Å². The summed E-state index contributed by atoms with van der Waals surface area (Å²) in [6.45, 7) is 6.85. The number of oxazole rings is 1. The summed E-state index contributed by atoms with van der Waals surface area (Å²) in [7, 11) is 0. The zero-order valence-electron chi connectivity index (χ0n) is 19.9. The summed E-state index contributed by atoms with van der Waals surface area (Å²) in [4.78, 5) is 18.7. The van der Waals surface area contributed by atoms with E-state index in [4.69, 9.17) is 13.9 Å². The summed E-state index contributed by atoms with van der Waals surface area (Å²) >= 11 is 0. The van der Waals surface area contributed by atoms with E-state index in [1.165, 1.54) is 0 Å². The minimum Gasteiger partial charge on any atom is -0.492 e. The first-order valence-electron chi connectivity index (χ1n) is 11.5. The van der Waals surface area contributed by atoms with Gasteiger partial charge in [0.05, 0.1) is 6.54 Å². The van der Waals surface area contributed by atoms with E-state index in [9.17, 15) is 4.79 Å². The second kappa shape index (κ2) is 10.4. The van der Waals surface area contributed by atoms with Crippen molar-refractivity contribution in [3.8, 4) is 11.5 Å². The molecule has 0 aliphatic heterocycles. The molecular formula is C28H30N2O4. The molecule has 0 N–H and O–H groups in total. The molecule has 3 aromatic carbocycles. The van der Waals surface area contributed by atoms with Crippen molar-refractivity contribution >= 4 is 22.9 Å². The van der Waals surface area contributed by atoms with Crippen LogP contribution in [0.1, 0.15) is 26.3 Å². The largest absolute Gasteiger partial charge is 0.492 e. The van der Waals surface area contributed by atoms with Crippen LogP contribution in [0, 0.1) is 0 Å². The molecule has 6 heteroatoms. The van der Waals surface area contributed by atoms with Gasteiger partial charge in [-0.15, -0.1) is 0 Å². The van der Waals surface area contributed by atoms with Crippen molar-refractivity contribution in [1.29, 1.82) is 0 Å². The van der Waals surface area contributed by atoms with E-state index in [1.807, 2.05) is 78.9 Å². The summed E-state index contributed by atoms with van der Waals surface area (Å²) in [5.74, 6) is 1.51. The predicted octanol–water partition coefficient (Wildman–Crippen LogP) is 5.70. The maximum Gasteiger partial charge on any atom is 0.298 e. The normalized spacial score (nSPS) is 11.4. The lowest BCUT2D eigenvalue weighted by molar-refractivity contribution is -0.129. The third-order valence-electron chi connectivity index (χ3n) is 5.76. The van der Waals surface area contributed by atoms with Crippen LogP contribution >= 0.6 is 0 Å². The number of rotatable bonds is 11. The number of anilines is 1. The highest BCUT2D eigenvalue weighted by atomic mass is 16.5. The van der Waals surface area contributed by atoms with Crippen molar-refractivity contribution < 1.29 is 18.7 Å². The van der Waals surface area contributed by atoms with Crippen LogP contribution in [0.4, 0.5) is 6.01 Å². The molecule has 34 heavy (non-hydrogen) atoms. The molecule has 0 bridgehead atoms. The first kappa shape index (κ1) is 23.4. The maximum atomic E-state index is 12.0. The van der Waals surface area contributed by atoms with E-state index >= 15 is 0 Å². The smallest absolute Gasteiger partial charge is 0.298 e. The molecule has 6 nitrogen and oxygen atoms in total. The minimum absolute atomic E-state index is 0.0199. The van der Waals surface area contributed by atoms with Gasteiger partial charge in [-0.1, -0.05) is 48.5 Å². The molecule has 0 amide bonds. The Hall–Kier alpha value is -3.80. The number of carbonyl (C=O) groups excluding carboxylic acids is 1. The zero-order chi connectivity index (χ0) is 24.0. The number of benzene rings is 3. The SMILES string of the molecule is CC(=O)C(C)(C)Oc1ccccc1CCN(CCOc1ccccc1)c1nc2ccccc2o1. The average molecular weight is 459 g/mol. The molecule has 0 unspecified atom stereocenters. The molecule has 0 radical (unpaired) electrons. The Morgan fingerprint density at radius 3 is 2.41 bits per heavy atom. The average Bonchev–Trinajstić information content (AvgIpc) is 3.26. The highest BCUT2D eigenvalue weighted by molar-refractivity contribution is 5.84. The lowest BCUT2D eigenvalue weighted by Gasteiger charge is -2.26. The molecule has 1 aromatic heterocycles. The van der Waals surface area contributed by atoms with Gasteiger partial charge in [0.1, 0.15) is 23.6 Å². The Balaban J connectivity index is 1.51. The minimum atomic E-state index is -0.889. The van der Waals surface area contributed by atoms with Gasteiger partial charge in [0, 0.05) is 6.54 Å². The molecule has 0 aliphatic rings. The van der Waals surface area contributed by atoms with Gasteiger partial charge in [-0.25, -0.2) is 0 Å². The van der Waals surface area contributed by atoms with Gasteiger partial charge in [0.2, 0.25) is 0 Å². The fourth-order valence-corrected chi connectivity index (χ4v) is 3.50. The molecule has 4 aromatic rings. The third-order valence-corrected chi connectivity index (χ3v) is 5.76. The van der Waals surface area contributed by atoms with E-state index in [0.717, 1.165) is 22.4 Å². The monoisotopic (exact) mass is 458 g/mol. The Morgan fingerprint density at radius 1 is 0.941 bits per heavy atom. The fourth-order valence-electron chi connectivity index (χ4n) is 3.50. The second-order valence-corrected chi connectivity index (χ2v) is 8.64. The van der Waals surface area contributed by atoms with Gasteiger partial charge in [-0.05, 0) is 63.1 Å². The number of ketones is 1. The summed E-state index contributed by atoms with van der Waals surface area (Å²) in [6.07, 6.45) is 0.689. The number of hydrogen-bond donors (Lipinski definition) is 0. The summed E-state index contributed by atoms with van der Waals surface area (Å²) in [6, 6.07) is 25.9. The van der Waals surface area contributed by atoms with Crippen LogP contribution in [-0.4, -0.2) is 36.1 Å². The highest BCUT2D eigenvalue weighted by Gasteiger charge is 2.26. The van der Waals surface area contributed by atoms with E-state index in [2.05, 4.69) is 9.88 Å². The molecule has 0 atom stereocenters. The van der Waals surface area contributed by atoms with Crippen molar-refractivity contribution in [3.05, 3.63) is 84.4 Å². The molecule has 1 heterocycles. The van der Waals surface area contributed by atoms with Gasteiger partial charge in [0.15, 0.2) is 17.0 Å². The van der Waals surface area contributed by atoms with E-state index in [0.29, 0.717) is 37.9 Å². The topological polar surface area (TPSA) is 64.8 Å². The van der Waals surface area contributed by atoms with E-state index in [1.54, 1.807) is 20.8 Å². The number of aromatic nitrogens is 1. The Morgan fingerprint density at radius 2 is 1.65 bits per heavy atom. The van der Waals surface area contributed by atoms with Crippen LogP contribution < -0.4 is 14.4 Å². The first-order chi connectivity index (χ1) is 16.4. The van der Waals surface area contributed by atoms with Gasteiger partial charge in [-0.3, -0.25) is 4.79 Å². The molecule has 0 aliphatic carbocycles. The summed E-state index contributed by atoms with van der Waals surface area (Å²) in [5, 5.41) is 0. The van der Waals surface area contributed by atoms with Crippen molar-refractivity contribution in [2.75, 3.05) is 24.6 Å². The third kappa shape index (κ3) is 5.76. The number of Topliss-reactive ketones (excluding diaryl/α,β-unsaturated/α-hetero) is 1. The number of nitrogens with zero attached hydrogens (tertiary/aromatic N) is 2. The van der Waals surface area contributed by atoms with Crippen molar-refractivity contribution in [2.45, 2.75) is 32.8 Å². The fraction of sp³-hybridized carbons (Fsp3) is 0.286. The number of ether oxygens (including phenoxy) is 2. The van der Waals surface area contributed by atoms with E-state index in [-0.39, 0.29) is 5.78 Å². The standard InChI is InChI=1S/C28H30N2O4/c1-21(31)28(2,3)34-25-15-9-7-11-22(25)17-18-30(19-20-32-23-12-5-4-6-13-23)27-29-24-14-8-10-16-26(24)33-27/h4-16H,17-20H2,1-3H3. The van der Waals surface area contributed by atoms with Crippen LogP contribution in [0.2, 0.25) is 0 Å². The van der Waals surface area contributed by atoms with Crippen LogP contribution in [0.25, 0.3) is 11.1 Å². The molecule has 0 fully saturated rings. The molecule has 0 saturated carbocycles. The molecule has 176 valence electrons. The highest BCUT2D eigenvalue weighted by Crippen LogP contribution is 2.26. The van der Waals surface area contributed by atoms with Crippen LogP contribution in [0.3, 0.4) is 0 Å². The van der Waals surface area contributed by atoms with E-state index < -0.39 is 5.60 Å². The van der Waals surface area contributed by atoms with Crippen LogP contribution in [-0.2, 0) is 11.2 Å². The molecule has 4 rings (SSSR count). The van der Waals surface area contributed by atoms with Gasteiger partial charge >= 0.3 is 0 Å². The van der Waals surface area contributed by atoms with Gasteiger partial charge < -0.3 is 18.8 Å². The van der Waals surface area contributed by atoms with Gasteiger partial charge in [0.25, 0.3) is 6.01 Å². The summed E-state index contributed by atoms with van der Waals surface area (Å²) < 4.78 is 18.1. The number of para-hydroxylation sites is 4. The Labute approximate surface area is 200 Å². The predicted molar refractivity (Wildman–Crippen MR) is 134 cm³/mol. The van der Waals surface area contributed by atoms with Crippen LogP contribution in [0.5, 0.6) is 11.5 Å². The Bertz CT molecular complexity index is 1200. The zero-order valence-corrected chi connectivity index (χ0v) is 19.9. The van der Waals surface area contributed by atoms with Crippen molar-refractivity contribution in [3.63, 3.8) is 0 Å². The van der Waals surface area contributed by atoms with Crippen molar-refractivity contribution in [1.82, 2.24) is 4.98 Å². The van der Waals surface area contributed by atoms with Crippen molar-refractivity contribution in [2.24, 2.45) is 0 Å². The lowest BCUT2D eigenvalue weighted by atomic mass is 10.0. The molecule has 0 spiro atoms. The molecular weight excluding hydrogens is 428 g/mol.